The van der Waals surface area contributed by atoms with E-state index >= 15 is 0 Å². The highest BCUT2D eigenvalue weighted by Gasteiger charge is 2.24. The van der Waals surface area contributed by atoms with E-state index in [0.29, 0.717) is 0 Å². The van der Waals surface area contributed by atoms with E-state index in [1.165, 1.54) is 81.2 Å². The van der Waals surface area contributed by atoms with Crippen molar-refractivity contribution in [2.75, 3.05) is 4.90 Å². The third kappa shape index (κ3) is 5.04. The third-order valence-electron chi connectivity index (χ3n) is 12.8. The Morgan fingerprint density at radius 1 is 0.262 bits per heavy atom. The molecule has 0 saturated heterocycles. The smallest absolute Gasteiger partial charge is 0.0641 e. The maximum atomic E-state index is 2.52. The lowest BCUT2D eigenvalue weighted by molar-refractivity contribution is 1.17. The zero-order chi connectivity index (χ0) is 40.0. The zero-order valence-electron chi connectivity index (χ0n) is 33.2. The quantitative estimate of drug-likeness (QED) is 0.159. The Hall–Kier alpha value is -8.14. The Balaban J connectivity index is 1.20. The first-order chi connectivity index (χ1) is 30.3. The van der Waals surface area contributed by atoms with E-state index in [2.05, 4.69) is 238 Å². The van der Waals surface area contributed by atoms with Gasteiger partial charge in [0.1, 0.15) is 0 Å². The van der Waals surface area contributed by atoms with Crippen molar-refractivity contribution in [1.29, 1.82) is 0 Å². The number of hydrogen-bond acceptors (Lipinski definition) is 1. The molecule has 0 aliphatic rings. The number of nitrogens with zero attached hydrogens (tertiary/aromatic N) is 3. The molecule has 0 saturated carbocycles. The van der Waals surface area contributed by atoms with Crippen LogP contribution in [0.2, 0.25) is 0 Å². The molecule has 3 heteroatoms. The first kappa shape index (κ1) is 33.8. The van der Waals surface area contributed by atoms with Gasteiger partial charge in [0, 0.05) is 50.0 Å². The van der Waals surface area contributed by atoms with Crippen molar-refractivity contribution in [3.8, 4) is 11.4 Å². The fourth-order valence-electron chi connectivity index (χ4n) is 10.2. The van der Waals surface area contributed by atoms with Gasteiger partial charge in [-0.2, -0.15) is 0 Å². The molecule has 11 aromatic carbocycles. The van der Waals surface area contributed by atoms with Gasteiger partial charge in [0.25, 0.3) is 0 Å². The molecule has 3 nitrogen and oxygen atoms in total. The van der Waals surface area contributed by atoms with Crippen molar-refractivity contribution in [3.63, 3.8) is 0 Å². The summed E-state index contributed by atoms with van der Waals surface area (Å²) in [6.45, 7) is 0. The molecular weight excluding hydrogens is 739 g/mol. The summed E-state index contributed by atoms with van der Waals surface area (Å²) in [4.78, 5) is 2.40. The van der Waals surface area contributed by atoms with E-state index in [0.717, 1.165) is 34.0 Å². The maximum absolute atomic E-state index is 2.52. The lowest BCUT2D eigenvalue weighted by Gasteiger charge is -2.26. The van der Waals surface area contributed by atoms with Gasteiger partial charge in [0.2, 0.25) is 0 Å². The largest absolute Gasteiger partial charge is 0.310 e. The molecule has 0 bridgehead atoms. The summed E-state index contributed by atoms with van der Waals surface area (Å²) in [7, 11) is 0. The van der Waals surface area contributed by atoms with Crippen LogP contribution in [0.5, 0.6) is 0 Å². The molecule has 0 aliphatic carbocycles. The summed E-state index contributed by atoms with van der Waals surface area (Å²) in [5.74, 6) is 0. The standard InChI is InChI=1S/C58H37N3/c1-4-18-40(19-5-1)59(43-29-28-38-16-10-11-17-39(38)34-43)44-30-32-54-53(35-44)57-55(60(54)41-20-6-2-7-21-41)33-31-49-52-36-50-47-26-14-12-24-45(47)46-25-13-15-27-48(46)51(50)37-56(52)61(58(49)57)42-22-8-3-9-23-42/h1-37H. The van der Waals surface area contributed by atoms with Gasteiger partial charge in [-0.3, -0.25) is 0 Å². The third-order valence-corrected chi connectivity index (χ3v) is 12.8. The Kier molecular flexibility index (Phi) is 7.31. The van der Waals surface area contributed by atoms with Gasteiger partial charge in [-0.25, -0.2) is 0 Å². The summed E-state index contributed by atoms with van der Waals surface area (Å²) in [5.41, 5.74) is 10.3. The second-order valence-corrected chi connectivity index (χ2v) is 16.1. The van der Waals surface area contributed by atoms with Crippen LogP contribution >= 0.6 is 0 Å². The number of para-hydroxylation sites is 3. The molecule has 0 unspecified atom stereocenters. The van der Waals surface area contributed by atoms with E-state index < -0.39 is 0 Å². The van der Waals surface area contributed by atoms with Crippen LogP contribution in [0.15, 0.2) is 224 Å². The number of rotatable bonds is 5. The molecule has 13 rings (SSSR count). The van der Waals surface area contributed by atoms with Crippen molar-refractivity contribution in [2.24, 2.45) is 0 Å². The molecule has 0 spiro atoms. The molecule has 0 N–H and O–H groups in total. The molecule has 0 amide bonds. The molecule has 2 heterocycles. The highest BCUT2D eigenvalue weighted by Crippen LogP contribution is 2.47. The van der Waals surface area contributed by atoms with Gasteiger partial charge in [0.15, 0.2) is 0 Å². The van der Waals surface area contributed by atoms with E-state index in [4.69, 9.17) is 0 Å². The molecule has 2 aromatic heterocycles. The second-order valence-electron chi connectivity index (χ2n) is 16.1. The summed E-state index contributed by atoms with van der Waals surface area (Å²) in [6.07, 6.45) is 0. The van der Waals surface area contributed by atoms with Gasteiger partial charge in [-0.15, -0.1) is 0 Å². The van der Waals surface area contributed by atoms with Crippen LogP contribution in [-0.2, 0) is 0 Å². The lowest BCUT2D eigenvalue weighted by Crippen LogP contribution is -2.09. The van der Waals surface area contributed by atoms with E-state index in [9.17, 15) is 0 Å². The van der Waals surface area contributed by atoms with E-state index in [-0.39, 0.29) is 0 Å². The minimum atomic E-state index is 1.10. The van der Waals surface area contributed by atoms with Crippen LogP contribution in [-0.4, -0.2) is 9.13 Å². The SMILES string of the molecule is c1ccc(N(c2ccc3ccccc3c2)c2ccc3c(c2)c2c(ccc4c5cc6c7ccccc7c7ccccc7c6cc5n(-c5ccccc5)c42)n3-c2ccccc2)cc1. The molecule has 0 fully saturated rings. The molecule has 0 radical (unpaired) electrons. The molecule has 61 heavy (non-hydrogen) atoms. The predicted molar refractivity (Wildman–Crippen MR) is 260 cm³/mol. The van der Waals surface area contributed by atoms with Crippen LogP contribution < -0.4 is 4.90 Å². The Morgan fingerprint density at radius 2 is 0.787 bits per heavy atom. The molecule has 0 atom stereocenters. The fraction of sp³-hybridized carbons (Fsp3) is 0. The highest BCUT2D eigenvalue weighted by molar-refractivity contribution is 6.31. The minimum absolute atomic E-state index is 1.10. The van der Waals surface area contributed by atoms with Crippen molar-refractivity contribution in [3.05, 3.63) is 224 Å². The van der Waals surface area contributed by atoms with Crippen LogP contribution in [0.3, 0.4) is 0 Å². The topological polar surface area (TPSA) is 13.1 Å². The Morgan fingerprint density at radius 3 is 1.48 bits per heavy atom. The van der Waals surface area contributed by atoms with Crippen molar-refractivity contribution >= 4 is 104 Å². The maximum Gasteiger partial charge on any atom is 0.0641 e. The van der Waals surface area contributed by atoms with E-state index in [1.54, 1.807) is 0 Å². The molecule has 0 aliphatic heterocycles. The average Bonchev–Trinajstić information content (AvgIpc) is 3.84. The number of fused-ring (bicyclic) bond motifs is 14. The van der Waals surface area contributed by atoms with Crippen molar-refractivity contribution in [2.45, 2.75) is 0 Å². The molecule has 13 aromatic rings. The molecular formula is C58H37N3. The summed E-state index contributed by atoms with van der Waals surface area (Å²) >= 11 is 0. The summed E-state index contributed by atoms with van der Waals surface area (Å²) in [5, 5.41) is 15.0. The van der Waals surface area contributed by atoms with Crippen LogP contribution in [0.25, 0.3) is 98.1 Å². The van der Waals surface area contributed by atoms with Crippen molar-refractivity contribution < 1.29 is 0 Å². The fourth-order valence-corrected chi connectivity index (χ4v) is 10.2. The number of benzene rings is 11. The number of aromatic nitrogens is 2. The average molecular weight is 776 g/mol. The van der Waals surface area contributed by atoms with Gasteiger partial charge in [-0.05, 0) is 128 Å². The second kappa shape index (κ2) is 13.2. The number of anilines is 3. The van der Waals surface area contributed by atoms with Crippen LogP contribution in [0.4, 0.5) is 17.1 Å². The van der Waals surface area contributed by atoms with Gasteiger partial charge in [0.05, 0.1) is 22.1 Å². The Labute approximate surface area is 352 Å². The summed E-state index contributed by atoms with van der Waals surface area (Å²) < 4.78 is 4.97. The number of hydrogen-bond donors (Lipinski definition) is 0. The first-order valence-electron chi connectivity index (χ1n) is 21.0. The molecule has 284 valence electrons. The van der Waals surface area contributed by atoms with Crippen LogP contribution in [0.1, 0.15) is 0 Å². The minimum Gasteiger partial charge on any atom is -0.310 e. The lowest BCUT2D eigenvalue weighted by atomic mass is 9.93. The first-order valence-corrected chi connectivity index (χ1v) is 21.0. The predicted octanol–water partition coefficient (Wildman–Crippen LogP) is 16.0. The monoisotopic (exact) mass is 775 g/mol. The van der Waals surface area contributed by atoms with Crippen LogP contribution in [0, 0.1) is 0 Å². The Bertz CT molecular complexity index is 3860. The van der Waals surface area contributed by atoms with E-state index in [1.807, 2.05) is 0 Å². The zero-order valence-corrected chi connectivity index (χ0v) is 33.2. The van der Waals surface area contributed by atoms with Crippen molar-refractivity contribution in [1.82, 2.24) is 9.13 Å². The normalized spacial score (nSPS) is 11.9. The van der Waals surface area contributed by atoms with Gasteiger partial charge < -0.3 is 14.0 Å². The highest BCUT2D eigenvalue weighted by atomic mass is 15.1. The van der Waals surface area contributed by atoms with Gasteiger partial charge >= 0.3 is 0 Å². The van der Waals surface area contributed by atoms with Gasteiger partial charge in [-0.1, -0.05) is 140 Å². The summed E-state index contributed by atoms with van der Waals surface area (Å²) in [6, 6.07) is 82.3.